The standard InChI is InChI=1S/C17H16FNO4S/c18-13-4-3-5-14(10-13)23-16-7-2-1-6-15(16)19-17(20)12-8-9-24(21,22)11-12/h1-7,10,12H,8-9,11H2,(H,19,20)/t12-/m1/s1. The monoisotopic (exact) mass is 349 g/mol. The first-order valence-electron chi connectivity index (χ1n) is 7.47. The molecule has 1 aliphatic heterocycles. The zero-order valence-corrected chi connectivity index (χ0v) is 13.6. The highest BCUT2D eigenvalue weighted by Crippen LogP contribution is 2.30. The summed E-state index contributed by atoms with van der Waals surface area (Å²) in [6, 6.07) is 12.4. The molecule has 0 aliphatic carbocycles. The van der Waals surface area contributed by atoms with E-state index in [1.54, 1.807) is 30.3 Å². The lowest BCUT2D eigenvalue weighted by atomic mass is 10.1. The normalized spacial score (nSPS) is 19.0. The molecule has 1 heterocycles. The predicted molar refractivity (Wildman–Crippen MR) is 88.3 cm³/mol. The third kappa shape index (κ3) is 3.91. The summed E-state index contributed by atoms with van der Waals surface area (Å²) in [7, 11) is -3.13. The Morgan fingerprint density at radius 3 is 2.67 bits per heavy atom. The van der Waals surface area contributed by atoms with Crippen molar-refractivity contribution >= 4 is 21.4 Å². The second-order valence-electron chi connectivity index (χ2n) is 5.64. The van der Waals surface area contributed by atoms with E-state index in [-0.39, 0.29) is 17.4 Å². The maximum Gasteiger partial charge on any atom is 0.228 e. The summed E-state index contributed by atoms with van der Waals surface area (Å²) < 4.78 is 41.9. The number of sulfone groups is 1. The van der Waals surface area contributed by atoms with Crippen LogP contribution >= 0.6 is 0 Å². The van der Waals surface area contributed by atoms with Gasteiger partial charge in [-0.2, -0.15) is 0 Å². The summed E-state index contributed by atoms with van der Waals surface area (Å²) in [5.74, 6) is -0.774. The minimum atomic E-state index is -3.13. The van der Waals surface area contributed by atoms with Crippen molar-refractivity contribution in [3.8, 4) is 11.5 Å². The van der Waals surface area contributed by atoms with Crippen molar-refractivity contribution in [1.82, 2.24) is 0 Å². The van der Waals surface area contributed by atoms with Crippen LogP contribution < -0.4 is 10.1 Å². The molecule has 1 saturated heterocycles. The summed E-state index contributed by atoms with van der Waals surface area (Å²) in [5, 5.41) is 2.70. The van der Waals surface area contributed by atoms with Gasteiger partial charge in [-0.3, -0.25) is 4.79 Å². The maximum atomic E-state index is 13.3. The van der Waals surface area contributed by atoms with Gasteiger partial charge in [0, 0.05) is 6.07 Å². The molecule has 0 unspecified atom stereocenters. The number of ether oxygens (including phenoxy) is 1. The average Bonchev–Trinajstić information content (AvgIpc) is 2.89. The van der Waals surface area contributed by atoms with E-state index in [0.29, 0.717) is 23.6 Å². The van der Waals surface area contributed by atoms with Gasteiger partial charge in [-0.25, -0.2) is 12.8 Å². The van der Waals surface area contributed by atoms with E-state index in [2.05, 4.69) is 5.32 Å². The van der Waals surface area contributed by atoms with E-state index < -0.39 is 21.6 Å². The predicted octanol–water partition coefficient (Wildman–Crippen LogP) is 2.99. The Morgan fingerprint density at radius 1 is 1.17 bits per heavy atom. The van der Waals surface area contributed by atoms with Crippen molar-refractivity contribution in [3.63, 3.8) is 0 Å². The SMILES string of the molecule is O=C(Nc1ccccc1Oc1cccc(F)c1)[C@@H]1CCS(=O)(=O)C1. The maximum absolute atomic E-state index is 13.3. The first-order chi connectivity index (χ1) is 11.4. The molecule has 2 aromatic rings. The number of hydrogen-bond acceptors (Lipinski definition) is 4. The van der Waals surface area contributed by atoms with Crippen LogP contribution in [0.15, 0.2) is 48.5 Å². The van der Waals surface area contributed by atoms with Gasteiger partial charge in [-0.05, 0) is 30.7 Å². The first-order valence-corrected chi connectivity index (χ1v) is 9.29. The van der Waals surface area contributed by atoms with Gasteiger partial charge in [0.25, 0.3) is 0 Å². The molecular formula is C17H16FNO4S. The van der Waals surface area contributed by atoms with Crippen molar-refractivity contribution in [3.05, 3.63) is 54.3 Å². The van der Waals surface area contributed by atoms with Gasteiger partial charge in [0.15, 0.2) is 15.6 Å². The van der Waals surface area contributed by atoms with E-state index in [0.717, 1.165) is 0 Å². The number of hydrogen-bond donors (Lipinski definition) is 1. The highest BCUT2D eigenvalue weighted by atomic mass is 32.2. The van der Waals surface area contributed by atoms with Gasteiger partial charge in [-0.15, -0.1) is 0 Å². The number of anilines is 1. The Balaban J connectivity index is 1.76. The Labute approximate surface area is 139 Å². The number of benzene rings is 2. The highest BCUT2D eigenvalue weighted by Gasteiger charge is 2.33. The van der Waals surface area contributed by atoms with Crippen LogP contribution in [0.1, 0.15) is 6.42 Å². The fourth-order valence-corrected chi connectivity index (χ4v) is 4.29. The molecule has 1 amide bonds. The van der Waals surface area contributed by atoms with Crippen molar-refractivity contribution in [2.45, 2.75) is 6.42 Å². The Morgan fingerprint density at radius 2 is 1.96 bits per heavy atom. The molecule has 5 nitrogen and oxygen atoms in total. The number of carbonyl (C=O) groups excluding carboxylic acids is 1. The minimum Gasteiger partial charge on any atom is -0.455 e. The molecule has 0 saturated carbocycles. The van der Waals surface area contributed by atoms with Gasteiger partial charge in [0.1, 0.15) is 11.6 Å². The molecule has 2 aromatic carbocycles. The molecule has 3 rings (SSSR count). The number of rotatable bonds is 4. The molecule has 1 fully saturated rings. The van der Waals surface area contributed by atoms with E-state index in [1.165, 1.54) is 18.2 Å². The molecule has 0 spiro atoms. The highest BCUT2D eigenvalue weighted by molar-refractivity contribution is 7.91. The number of para-hydroxylation sites is 2. The number of carbonyl (C=O) groups is 1. The van der Waals surface area contributed by atoms with E-state index >= 15 is 0 Å². The largest absolute Gasteiger partial charge is 0.455 e. The topological polar surface area (TPSA) is 72.5 Å². The van der Waals surface area contributed by atoms with Crippen LogP contribution in [-0.4, -0.2) is 25.8 Å². The number of nitrogens with one attached hydrogen (secondary N) is 1. The Hall–Kier alpha value is -2.41. The second-order valence-corrected chi connectivity index (χ2v) is 7.87. The lowest BCUT2D eigenvalue weighted by molar-refractivity contribution is -0.119. The molecular weight excluding hydrogens is 333 g/mol. The second kappa shape index (κ2) is 6.60. The van der Waals surface area contributed by atoms with Crippen LogP contribution in [0, 0.1) is 11.7 Å². The average molecular weight is 349 g/mol. The molecule has 1 atom stereocenters. The van der Waals surface area contributed by atoms with Crippen molar-refractivity contribution < 1.29 is 22.3 Å². The van der Waals surface area contributed by atoms with Gasteiger partial charge in [0.2, 0.25) is 5.91 Å². The van der Waals surface area contributed by atoms with Crippen LogP contribution in [-0.2, 0) is 14.6 Å². The zero-order chi connectivity index (χ0) is 17.2. The lowest BCUT2D eigenvalue weighted by Crippen LogP contribution is -2.23. The molecule has 0 radical (unpaired) electrons. The molecule has 0 bridgehead atoms. The summed E-state index contributed by atoms with van der Waals surface area (Å²) in [5.41, 5.74) is 0.413. The Kier molecular flexibility index (Phi) is 4.53. The van der Waals surface area contributed by atoms with E-state index in [9.17, 15) is 17.6 Å². The van der Waals surface area contributed by atoms with Crippen LogP contribution in [0.2, 0.25) is 0 Å². The summed E-state index contributed by atoms with van der Waals surface area (Å²) >= 11 is 0. The molecule has 1 N–H and O–H groups in total. The first kappa shape index (κ1) is 16.4. The molecule has 0 aromatic heterocycles. The number of halogens is 1. The molecule has 7 heteroatoms. The van der Waals surface area contributed by atoms with Crippen molar-refractivity contribution in [2.24, 2.45) is 5.92 Å². The fraction of sp³-hybridized carbons (Fsp3) is 0.235. The van der Waals surface area contributed by atoms with E-state index in [4.69, 9.17) is 4.74 Å². The summed E-state index contributed by atoms with van der Waals surface area (Å²) in [6.45, 7) is 0. The molecule has 1 aliphatic rings. The third-order valence-corrected chi connectivity index (χ3v) is 5.54. The number of amides is 1. The van der Waals surface area contributed by atoms with Crippen LogP contribution in [0.5, 0.6) is 11.5 Å². The van der Waals surface area contributed by atoms with Crippen LogP contribution in [0.3, 0.4) is 0 Å². The van der Waals surface area contributed by atoms with Crippen LogP contribution in [0.25, 0.3) is 0 Å². The van der Waals surface area contributed by atoms with Gasteiger partial charge in [0.05, 0.1) is 23.1 Å². The Bertz CT molecular complexity index is 866. The summed E-state index contributed by atoms with van der Waals surface area (Å²) in [6.07, 6.45) is 0.321. The third-order valence-electron chi connectivity index (χ3n) is 3.77. The zero-order valence-electron chi connectivity index (χ0n) is 12.7. The molecule has 126 valence electrons. The van der Waals surface area contributed by atoms with Crippen molar-refractivity contribution in [2.75, 3.05) is 16.8 Å². The van der Waals surface area contributed by atoms with Gasteiger partial charge < -0.3 is 10.1 Å². The van der Waals surface area contributed by atoms with Crippen LogP contribution in [0.4, 0.5) is 10.1 Å². The minimum absolute atomic E-state index is 0.0343. The smallest absolute Gasteiger partial charge is 0.228 e. The summed E-state index contributed by atoms with van der Waals surface area (Å²) in [4.78, 5) is 12.3. The molecule has 24 heavy (non-hydrogen) atoms. The van der Waals surface area contributed by atoms with Crippen molar-refractivity contribution in [1.29, 1.82) is 0 Å². The van der Waals surface area contributed by atoms with Gasteiger partial charge in [-0.1, -0.05) is 18.2 Å². The van der Waals surface area contributed by atoms with Gasteiger partial charge >= 0.3 is 0 Å². The quantitative estimate of drug-likeness (QED) is 0.921. The fourth-order valence-electron chi connectivity index (χ4n) is 2.55. The lowest BCUT2D eigenvalue weighted by Gasteiger charge is -2.14. The van der Waals surface area contributed by atoms with E-state index in [1.807, 2.05) is 0 Å².